The molecule has 0 aliphatic carbocycles. The van der Waals surface area contributed by atoms with Gasteiger partial charge in [0, 0.05) is 19.2 Å². The molecule has 0 bridgehead atoms. The molecule has 1 aromatic carbocycles. The molecule has 0 atom stereocenters. The summed E-state index contributed by atoms with van der Waals surface area (Å²) in [5.74, 6) is -0.0982. The second-order valence-electron chi connectivity index (χ2n) is 4.77. The zero-order valence-corrected chi connectivity index (χ0v) is 10.9. The van der Waals surface area contributed by atoms with Crippen LogP contribution in [0.15, 0.2) is 18.2 Å². The number of carbonyl (C=O) groups is 1. The number of amides is 1. The third-order valence-electron chi connectivity index (χ3n) is 3.28. The zero-order chi connectivity index (χ0) is 13.7. The lowest BCUT2D eigenvalue weighted by Crippen LogP contribution is -2.35. The van der Waals surface area contributed by atoms with Gasteiger partial charge in [-0.3, -0.25) is 4.79 Å². The first-order valence-corrected chi connectivity index (χ1v) is 6.62. The van der Waals surface area contributed by atoms with Crippen molar-refractivity contribution < 1.29 is 13.9 Å². The second kappa shape index (κ2) is 6.41. The van der Waals surface area contributed by atoms with Gasteiger partial charge >= 0.3 is 0 Å². The minimum absolute atomic E-state index is 0.0365. The largest absolute Gasteiger partial charge is 0.482 e. The van der Waals surface area contributed by atoms with E-state index in [0.717, 1.165) is 25.9 Å². The summed E-state index contributed by atoms with van der Waals surface area (Å²) in [6.07, 6.45) is 4.44. The Hall–Kier alpha value is -1.78. The van der Waals surface area contributed by atoms with Crippen LogP contribution in [0.4, 0.5) is 10.1 Å². The summed E-state index contributed by atoms with van der Waals surface area (Å²) < 4.78 is 18.2. The van der Waals surface area contributed by atoms with Crippen molar-refractivity contribution in [1.82, 2.24) is 4.90 Å². The third kappa shape index (κ3) is 3.84. The summed E-state index contributed by atoms with van der Waals surface area (Å²) in [5, 5.41) is 0. The highest BCUT2D eigenvalue weighted by atomic mass is 19.1. The van der Waals surface area contributed by atoms with Crippen LogP contribution in [-0.4, -0.2) is 30.5 Å². The second-order valence-corrected chi connectivity index (χ2v) is 4.77. The van der Waals surface area contributed by atoms with E-state index in [1.165, 1.54) is 31.0 Å². The number of nitrogens with two attached hydrogens (primary N) is 1. The number of carbonyl (C=O) groups excluding carboxylic acids is 1. The Morgan fingerprint density at radius 1 is 1.26 bits per heavy atom. The van der Waals surface area contributed by atoms with Crippen molar-refractivity contribution in [3.63, 3.8) is 0 Å². The minimum Gasteiger partial charge on any atom is -0.482 e. The molecule has 0 radical (unpaired) electrons. The van der Waals surface area contributed by atoms with Gasteiger partial charge in [-0.05, 0) is 25.0 Å². The summed E-state index contributed by atoms with van der Waals surface area (Å²) in [4.78, 5) is 13.8. The summed E-state index contributed by atoms with van der Waals surface area (Å²) in [5.41, 5.74) is 5.83. The maximum atomic E-state index is 12.9. The van der Waals surface area contributed by atoms with Crippen molar-refractivity contribution in [3.8, 4) is 5.75 Å². The molecule has 1 saturated heterocycles. The number of likely N-dealkylation sites (tertiary alicyclic amines) is 1. The monoisotopic (exact) mass is 266 g/mol. The SMILES string of the molecule is Nc1cc(F)ccc1OCC(=O)N1CCCCCC1. The van der Waals surface area contributed by atoms with Crippen LogP contribution in [0, 0.1) is 5.82 Å². The molecule has 5 heteroatoms. The topological polar surface area (TPSA) is 55.6 Å². The van der Waals surface area contributed by atoms with Gasteiger partial charge in [-0.15, -0.1) is 0 Å². The Morgan fingerprint density at radius 2 is 1.95 bits per heavy atom. The normalized spacial score (nSPS) is 15.9. The molecule has 104 valence electrons. The number of halogens is 1. The van der Waals surface area contributed by atoms with E-state index in [1.807, 2.05) is 4.90 Å². The predicted octanol–water partition coefficient (Wildman–Crippen LogP) is 2.19. The van der Waals surface area contributed by atoms with E-state index in [4.69, 9.17) is 10.5 Å². The zero-order valence-electron chi connectivity index (χ0n) is 10.9. The number of benzene rings is 1. The summed E-state index contributed by atoms with van der Waals surface area (Å²) >= 11 is 0. The molecule has 1 aliphatic heterocycles. The molecule has 19 heavy (non-hydrogen) atoms. The highest BCUT2D eigenvalue weighted by molar-refractivity contribution is 5.78. The number of anilines is 1. The fraction of sp³-hybridized carbons (Fsp3) is 0.500. The molecular formula is C14H19FN2O2. The quantitative estimate of drug-likeness (QED) is 0.853. The Morgan fingerprint density at radius 3 is 2.58 bits per heavy atom. The standard InChI is InChI=1S/C14H19FN2O2/c15-11-5-6-13(12(16)9-11)19-10-14(18)17-7-3-1-2-4-8-17/h5-6,9H,1-4,7-8,10,16H2. The Kier molecular flexibility index (Phi) is 4.60. The fourth-order valence-corrected chi connectivity index (χ4v) is 2.20. The first-order chi connectivity index (χ1) is 9.16. The average Bonchev–Trinajstić information content (AvgIpc) is 2.66. The Labute approximate surface area is 112 Å². The molecule has 0 saturated carbocycles. The molecule has 1 heterocycles. The molecule has 1 aliphatic rings. The maximum Gasteiger partial charge on any atom is 0.260 e. The van der Waals surface area contributed by atoms with Gasteiger partial charge in [0.1, 0.15) is 11.6 Å². The first kappa shape index (κ1) is 13.6. The third-order valence-corrected chi connectivity index (χ3v) is 3.28. The number of hydrogen-bond acceptors (Lipinski definition) is 3. The molecule has 2 N–H and O–H groups in total. The van der Waals surface area contributed by atoms with Crippen LogP contribution in [0.25, 0.3) is 0 Å². The van der Waals surface area contributed by atoms with Crippen LogP contribution in [0.2, 0.25) is 0 Å². The van der Waals surface area contributed by atoms with Crippen LogP contribution < -0.4 is 10.5 Å². The molecular weight excluding hydrogens is 247 g/mol. The van der Waals surface area contributed by atoms with Crippen molar-refractivity contribution in [1.29, 1.82) is 0 Å². The van der Waals surface area contributed by atoms with E-state index in [9.17, 15) is 9.18 Å². The molecule has 4 nitrogen and oxygen atoms in total. The number of hydrogen-bond donors (Lipinski definition) is 1. The average molecular weight is 266 g/mol. The number of ether oxygens (including phenoxy) is 1. The molecule has 0 aromatic heterocycles. The van der Waals surface area contributed by atoms with Gasteiger partial charge in [0.15, 0.2) is 6.61 Å². The Balaban J connectivity index is 1.88. The van der Waals surface area contributed by atoms with Gasteiger partial charge in [-0.2, -0.15) is 0 Å². The van der Waals surface area contributed by atoms with Crippen molar-refractivity contribution in [3.05, 3.63) is 24.0 Å². The lowest BCUT2D eigenvalue weighted by Gasteiger charge is -2.20. The fourth-order valence-electron chi connectivity index (χ4n) is 2.20. The van der Waals surface area contributed by atoms with Crippen LogP contribution in [0.5, 0.6) is 5.75 Å². The molecule has 0 spiro atoms. The van der Waals surface area contributed by atoms with Gasteiger partial charge in [0.05, 0.1) is 5.69 Å². The van der Waals surface area contributed by atoms with Gasteiger partial charge in [0.25, 0.3) is 5.91 Å². The van der Waals surface area contributed by atoms with E-state index in [1.54, 1.807) is 0 Å². The minimum atomic E-state index is -0.413. The van der Waals surface area contributed by atoms with Gasteiger partial charge in [-0.25, -0.2) is 4.39 Å². The van der Waals surface area contributed by atoms with E-state index in [-0.39, 0.29) is 18.2 Å². The van der Waals surface area contributed by atoms with Crippen LogP contribution >= 0.6 is 0 Å². The van der Waals surface area contributed by atoms with Crippen LogP contribution in [0.3, 0.4) is 0 Å². The number of nitrogens with zero attached hydrogens (tertiary/aromatic N) is 1. The lowest BCUT2D eigenvalue weighted by molar-refractivity contribution is -0.133. The van der Waals surface area contributed by atoms with Gasteiger partial charge < -0.3 is 15.4 Å². The molecule has 2 rings (SSSR count). The van der Waals surface area contributed by atoms with Gasteiger partial charge in [-0.1, -0.05) is 12.8 Å². The Bertz CT molecular complexity index is 443. The highest BCUT2D eigenvalue weighted by Crippen LogP contribution is 2.21. The molecule has 0 unspecified atom stereocenters. The summed E-state index contributed by atoms with van der Waals surface area (Å²) in [6, 6.07) is 3.90. The molecule has 1 aromatic rings. The van der Waals surface area contributed by atoms with Crippen LogP contribution in [0.1, 0.15) is 25.7 Å². The smallest absolute Gasteiger partial charge is 0.260 e. The van der Waals surface area contributed by atoms with E-state index >= 15 is 0 Å². The van der Waals surface area contributed by atoms with Gasteiger partial charge in [0.2, 0.25) is 0 Å². The van der Waals surface area contributed by atoms with E-state index in [2.05, 4.69) is 0 Å². The molecule has 1 fully saturated rings. The van der Waals surface area contributed by atoms with Crippen molar-refractivity contribution in [2.24, 2.45) is 0 Å². The maximum absolute atomic E-state index is 12.9. The van der Waals surface area contributed by atoms with E-state index < -0.39 is 5.82 Å². The summed E-state index contributed by atoms with van der Waals surface area (Å²) in [7, 11) is 0. The van der Waals surface area contributed by atoms with Crippen LogP contribution in [-0.2, 0) is 4.79 Å². The van der Waals surface area contributed by atoms with Crippen molar-refractivity contribution >= 4 is 11.6 Å². The number of rotatable bonds is 3. The predicted molar refractivity (Wildman–Crippen MR) is 71.4 cm³/mol. The number of nitrogen functional groups attached to an aromatic ring is 1. The van der Waals surface area contributed by atoms with E-state index in [0.29, 0.717) is 5.75 Å². The molecule has 1 amide bonds. The summed E-state index contributed by atoms with van der Waals surface area (Å²) in [6.45, 7) is 1.54. The van der Waals surface area contributed by atoms with Crippen molar-refractivity contribution in [2.45, 2.75) is 25.7 Å². The lowest BCUT2D eigenvalue weighted by atomic mass is 10.2. The van der Waals surface area contributed by atoms with Crippen molar-refractivity contribution in [2.75, 3.05) is 25.4 Å². The first-order valence-electron chi connectivity index (χ1n) is 6.62. The highest BCUT2D eigenvalue weighted by Gasteiger charge is 2.16.